The van der Waals surface area contributed by atoms with Gasteiger partial charge in [0.05, 0.1) is 0 Å². The summed E-state index contributed by atoms with van der Waals surface area (Å²) in [5.41, 5.74) is 2.59. The first-order valence-corrected chi connectivity index (χ1v) is 6.48. The molecule has 0 atom stereocenters. The lowest BCUT2D eigenvalue weighted by Crippen LogP contribution is -2.31. The van der Waals surface area contributed by atoms with Gasteiger partial charge in [-0.2, -0.15) is 8.42 Å². The van der Waals surface area contributed by atoms with Crippen LogP contribution in [0.3, 0.4) is 0 Å². The van der Waals surface area contributed by atoms with E-state index in [0.29, 0.717) is 18.5 Å². The van der Waals surface area contributed by atoms with Crippen molar-refractivity contribution in [3.63, 3.8) is 0 Å². The zero-order valence-electron chi connectivity index (χ0n) is 9.62. The number of hydroxylamine groups is 1. The minimum Gasteiger partial charge on any atom is -0.290 e. The van der Waals surface area contributed by atoms with E-state index in [1.165, 1.54) is 7.05 Å². The number of nitrogens with two attached hydrogens (primary N) is 1. The highest BCUT2D eigenvalue weighted by molar-refractivity contribution is 7.87. The van der Waals surface area contributed by atoms with Gasteiger partial charge in [0, 0.05) is 13.6 Å². The van der Waals surface area contributed by atoms with Crippen LogP contribution in [0.25, 0.3) is 0 Å². The summed E-state index contributed by atoms with van der Waals surface area (Å²) in [6.45, 7) is 0.163. The summed E-state index contributed by atoms with van der Waals surface area (Å²) in [5.74, 6) is 0.116. The van der Waals surface area contributed by atoms with Crippen LogP contribution < -0.4 is 15.3 Å². The van der Waals surface area contributed by atoms with Gasteiger partial charge in [0.2, 0.25) is 0 Å². The predicted molar refractivity (Wildman–Crippen MR) is 61.1 cm³/mol. The van der Waals surface area contributed by atoms with Crippen LogP contribution in [0.2, 0.25) is 0 Å². The number of aliphatic imine (C=N–C) groups is 1. The SMILES string of the molecule is CN=C(NO)c1nonc1CCCNS(N)(=O)=O. The molecule has 1 aromatic heterocycles. The Kier molecular flexibility index (Phi) is 5.15. The van der Waals surface area contributed by atoms with Crippen molar-refractivity contribution in [2.45, 2.75) is 12.8 Å². The summed E-state index contributed by atoms with van der Waals surface area (Å²) in [6.07, 6.45) is 0.835. The fourth-order valence-electron chi connectivity index (χ4n) is 1.23. The molecule has 1 heterocycles. The van der Waals surface area contributed by atoms with Crippen molar-refractivity contribution in [3.8, 4) is 0 Å². The maximum absolute atomic E-state index is 10.6. The molecular formula is C7H14N6O4S. The first-order chi connectivity index (χ1) is 8.48. The Hall–Kier alpha value is -1.56. The van der Waals surface area contributed by atoms with Crippen molar-refractivity contribution in [1.29, 1.82) is 0 Å². The Morgan fingerprint density at radius 3 is 2.83 bits per heavy atom. The largest absolute Gasteiger partial charge is 0.290 e. The lowest BCUT2D eigenvalue weighted by molar-refractivity contribution is 0.233. The molecule has 0 aliphatic carbocycles. The molecule has 102 valence electrons. The average Bonchev–Trinajstić information content (AvgIpc) is 2.74. The van der Waals surface area contributed by atoms with Gasteiger partial charge in [0.25, 0.3) is 10.2 Å². The van der Waals surface area contributed by atoms with Crippen LogP contribution in [-0.2, 0) is 16.6 Å². The Bertz CT molecular complexity index is 510. The quantitative estimate of drug-likeness (QED) is 0.206. The highest BCUT2D eigenvalue weighted by Gasteiger charge is 2.15. The molecule has 1 aromatic rings. The lowest BCUT2D eigenvalue weighted by atomic mass is 10.2. The van der Waals surface area contributed by atoms with Gasteiger partial charge in [-0.1, -0.05) is 5.16 Å². The van der Waals surface area contributed by atoms with E-state index in [1.54, 1.807) is 0 Å². The topological polar surface area (TPSA) is 156 Å². The summed E-state index contributed by atoms with van der Waals surface area (Å²) in [7, 11) is -2.23. The average molecular weight is 278 g/mol. The minimum absolute atomic E-state index is 0.116. The molecule has 0 aliphatic heterocycles. The van der Waals surface area contributed by atoms with E-state index in [9.17, 15) is 8.42 Å². The standard InChI is InChI=1S/C7H14N6O4S/c1-9-7(11-14)6-5(12-17-13-6)3-2-4-10-18(8,15)16/h10,14H,2-4H2,1H3,(H,9,11)(H2,8,15,16). The predicted octanol–water partition coefficient (Wildman–Crippen LogP) is -1.85. The van der Waals surface area contributed by atoms with Crippen LogP contribution >= 0.6 is 0 Å². The molecule has 18 heavy (non-hydrogen) atoms. The van der Waals surface area contributed by atoms with Crippen molar-refractivity contribution in [2.24, 2.45) is 10.1 Å². The first-order valence-electron chi connectivity index (χ1n) is 4.94. The van der Waals surface area contributed by atoms with Crippen molar-refractivity contribution in [3.05, 3.63) is 11.4 Å². The second kappa shape index (κ2) is 6.39. The smallest absolute Gasteiger partial charge is 0.274 e. The second-order valence-corrected chi connectivity index (χ2v) is 4.67. The third-order valence-corrected chi connectivity index (χ3v) is 2.61. The number of amidine groups is 1. The van der Waals surface area contributed by atoms with Crippen LogP contribution in [0.1, 0.15) is 17.8 Å². The maximum atomic E-state index is 10.6. The summed E-state index contributed by atoms with van der Waals surface area (Å²) in [6, 6.07) is 0. The number of nitrogens with one attached hydrogen (secondary N) is 2. The molecule has 1 rings (SSSR count). The zero-order valence-corrected chi connectivity index (χ0v) is 10.4. The fraction of sp³-hybridized carbons (Fsp3) is 0.571. The van der Waals surface area contributed by atoms with Gasteiger partial charge in [-0.3, -0.25) is 15.7 Å². The fourth-order valence-corrected chi connectivity index (χ4v) is 1.66. The third-order valence-electron chi connectivity index (χ3n) is 2.00. The number of rotatable bonds is 6. The van der Waals surface area contributed by atoms with Gasteiger partial charge < -0.3 is 0 Å². The van der Waals surface area contributed by atoms with E-state index >= 15 is 0 Å². The number of hydrogen-bond donors (Lipinski definition) is 4. The Balaban J connectivity index is 2.56. The van der Waals surface area contributed by atoms with E-state index in [2.05, 4.69) is 24.7 Å². The van der Waals surface area contributed by atoms with E-state index in [4.69, 9.17) is 10.3 Å². The molecule has 0 amide bonds. The van der Waals surface area contributed by atoms with Gasteiger partial charge in [-0.05, 0) is 18.0 Å². The summed E-state index contributed by atoms with van der Waals surface area (Å²) in [4.78, 5) is 3.74. The molecule has 0 spiro atoms. The van der Waals surface area contributed by atoms with Crippen molar-refractivity contribution < 1.29 is 18.3 Å². The zero-order chi connectivity index (χ0) is 13.6. The number of aryl methyl sites for hydroxylation is 1. The third kappa shape index (κ3) is 4.37. The Morgan fingerprint density at radius 2 is 2.28 bits per heavy atom. The van der Waals surface area contributed by atoms with Gasteiger partial charge in [0.1, 0.15) is 5.69 Å². The van der Waals surface area contributed by atoms with Crippen LogP contribution in [0.5, 0.6) is 0 Å². The summed E-state index contributed by atoms with van der Waals surface area (Å²) in [5, 5.41) is 20.8. The van der Waals surface area contributed by atoms with Gasteiger partial charge in [0.15, 0.2) is 11.5 Å². The lowest BCUT2D eigenvalue weighted by Gasteiger charge is -2.02. The molecule has 0 bridgehead atoms. The van der Waals surface area contributed by atoms with Gasteiger partial charge in [-0.15, -0.1) is 0 Å². The van der Waals surface area contributed by atoms with Crippen LogP contribution in [-0.4, -0.2) is 43.4 Å². The number of nitrogens with zero attached hydrogens (tertiary/aromatic N) is 3. The highest BCUT2D eigenvalue weighted by atomic mass is 32.2. The first kappa shape index (κ1) is 14.5. The Labute approximate surface area is 103 Å². The second-order valence-electron chi connectivity index (χ2n) is 3.29. The molecule has 0 aromatic carbocycles. The van der Waals surface area contributed by atoms with Crippen molar-refractivity contribution >= 4 is 16.0 Å². The van der Waals surface area contributed by atoms with Gasteiger partial charge in [-0.25, -0.2) is 14.5 Å². The summed E-state index contributed by atoms with van der Waals surface area (Å²) < 4.78 is 27.9. The normalized spacial score (nSPS) is 12.7. The molecule has 0 aliphatic rings. The van der Waals surface area contributed by atoms with E-state index in [-0.39, 0.29) is 18.1 Å². The van der Waals surface area contributed by atoms with E-state index in [1.807, 2.05) is 5.48 Å². The number of hydrogen-bond acceptors (Lipinski definition) is 7. The van der Waals surface area contributed by atoms with Crippen LogP contribution in [0.15, 0.2) is 9.62 Å². The van der Waals surface area contributed by atoms with Crippen molar-refractivity contribution in [1.82, 2.24) is 20.5 Å². The van der Waals surface area contributed by atoms with E-state index < -0.39 is 10.2 Å². The molecule has 11 heteroatoms. The Morgan fingerprint density at radius 1 is 1.56 bits per heavy atom. The molecular weight excluding hydrogens is 264 g/mol. The minimum atomic E-state index is -3.69. The summed E-state index contributed by atoms with van der Waals surface area (Å²) >= 11 is 0. The molecule has 0 fully saturated rings. The van der Waals surface area contributed by atoms with Gasteiger partial charge >= 0.3 is 0 Å². The monoisotopic (exact) mass is 278 g/mol. The van der Waals surface area contributed by atoms with Crippen LogP contribution in [0, 0.1) is 0 Å². The van der Waals surface area contributed by atoms with Crippen molar-refractivity contribution in [2.75, 3.05) is 13.6 Å². The molecule has 0 saturated heterocycles. The molecule has 0 radical (unpaired) electrons. The molecule has 0 unspecified atom stereocenters. The molecule has 0 saturated carbocycles. The number of aromatic nitrogens is 2. The molecule has 10 nitrogen and oxygen atoms in total. The maximum Gasteiger partial charge on any atom is 0.274 e. The highest BCUT2D eigenvalue weighted by Crippen LogP contribution is 2.06. The van der Waals surface area contributed by atoms with E-state index in [0.717, 1.165) is 0 Å². The van der Waals surface area contributed by atoms with Crippen LogP contribution in [0.4, 0.5) is 0 Å². The molecule has 5 N–H and O–H groups in total.